The summed E-state index contributed by atoms with van der Waals surface area (Å²) in [7, 11) is 0. The topological polar surface area (TPSA) is 38.7 Å². The van der Waals surface area contributed by atoms with Crippen molar-refractivity contribution in [2.45, 2.75) is 0 Å². The van der Waals surface area contributed by atoms with Gasteiger partial charge in [-0.2, -0.15) is 0 Å². The van der Waals surface area contributed by atoms with Gasteiger partial charge in [0.2, 0.25) is 0 Å². The minimum absolute atomic E-state index is 0.647. The Morgan fingerprint density at radius 3 is 1.80 bits per heavy atom. The Morgan fingerprint density at radius 2 is 0.902 bits per heavy atom. The molecule has 51 heavy (non-hydrogen) atoms. The summed E-state index contributed by atoms with van der Waals surface area (Å²) in [6.45, 7) is 0. The first-order valence-corrected chi connectivity index (χ1v) is 17.9. The number of aromatic nitrogens is 3. The smallest absolute Gasteiger partial charge is 0.165 e. The summed E-state index contributed by atoms with van der Waals surface area (Å²) >= 11 is 1.79. The first-order valence-electron chi connectivity index (χ1n) is 17.1. The minimum atomic E-state index is 0.647. The molecule has 10 aromatic rings. The van der Waals surface area contributed by atoms with Crippen LogP contribution in [0.5, 0.6) is 0 Å². The molecule has 238 valence electrons. The van der Waals surface area contributed by atoms with Gasteiger partial charge < -0.3 is 0 Å². The number of benzene rings is 8. The lowest BCUT2D eigenvalue weighted by Crippen LogP contribution is -2.01. The monoisotopic (exact) mass is 667 g/mol. The zero-order chi connectivity index (χ0) is 33.7. The van der Waals surface area contributed by atoms with Crippen molar-refractivity contribution < 1.29 is 0 Å². The first kappa shape index (κ1) is 29.4. The molecule has 4 heteroatoms. The Morgan fingerprint density at radius 1 is 0.314 bits per heavy atom. The van der Waals surface area contributed by atoms with Gasteiger partial charge in [-0.25, -0.2) is 15.0 Å². The van der Waals surface area contributed by atoms with Crippen LogP contribution in [0.15, 0.2) is 176 Å². The SMILES string of the molecule is c1ccc(-c2cccc(-c3nc(-c4cccc5ccc(-c6ccc7ccccc7c6)cc45)nc(-c4cccc5c4sc4ccccc45)n3)c2)cc1. The zero-order valence-corrected chi connectivity index (χ0v) is 28.3. The van der Waals surface area contributed by atoms with Crippen molar-refractivity contribution in [3.05, 3.63) is 176 Å². The van der Waals surface area contributed by atoms with Gasteiger partial charge in [-0.15, -0.1) is 11.3 Å². The normalized spacial score (nSPS) is 11.5. The van der Waals surface area contributed by atoms with Crippen molar-refractivity contribution in [1.29, 1.82) is 0 Å². The van der Waals surface area contributed by atoms with Gasteiger partial charge in [0.05, 0.1) is 0 Å². The van der Waals surface area contributed by atoms with E-state index in [4.69, 9.17) is 15.0 Å². The molecule has 0 aliphatic carbocycles. The summed E-state index contributed by atoms with van der Waals surface area (Å²) in [5, 5.41) is 7.16. The van der Waals surface area contributed by atoms with E-state index in [-0.39, 0.29) is 0 Å². The fourth-order valence-electron chi connectivity index (χ4n) is 7.15. The highest BCUT2D eigenvalue weighted by Gasteiger charge is 2.18. The lowest BCUT2D eigenvalue weighted by molar-refractivity contribution is 1.08. The summed E-state index contributed by atoms with van der Waals surface area (Å²) in [5.41, 5.74) is 7.53. The zero-order valence-electron chi connectivity index (χ0n) is 27.5. The van der Waals surface area contributed by atoms with Crippen molar-refractivity contribution >= 4 is 53.1 Å². The lowest BCUT2D eigenvalue weighted by atomic mass is 9.96. The van der Waals surface area contributed by atoms with Crippen LogP contribution in [0, 0.1) is 0 Å². The summed E-state index contributed by atoms with van der Waals surface area (Å²) < 4.78 is 2.43. The quantitative estimate of drug-likeness (QED) is 0.183. The average Bonchev–Trinajstić information content (AvgIpc) is 3.59. The lowest BCUT2D eigenvalue weighted by Gasteiger charge is -2.12. The molecule has 0 saturated carbocycles. The molecule has 0 fully saturated rings. The van der Waals surface area contributed by atoms with Gasteiger partial charge in [0.25, 0.3) is 0 Å². The summed E-state index contributed by atoms with van der Waals surface area (Å²) in [6, 6.07) is 62.2. The molecule has 0 saturated heterocycles. The first-order chi connectivity index (χ1) is 25.2. The van der Waals surface area contributed by atoms with Crippen LogP contribution in [0.3, 0.4) is 0 Å². The van der Waals surface area contributed by atoms with E-state index in [0.717, 1.165) is 44.2 Å². The van der Waals surface area contributed by atoms with Crippen LogP contribution in [0.1, 0.15) is 0 Å². The maximum atomic E-state index is 5.28. The van der Waals surface area contributed by atoms with Gasteiger partial charge in [-0.3, -0.25) is 0 Å². The van der Waals surface area contributed by atoms with Gasteiger partial charge in [0, 0.05) is 36.9 Å². The third kappa shape index (κ3) is 5.25. The highest BCUT2D eigenvalue weighted by Crippen LogP contribution is 2.40. The molecular formula is C47H29N3S. The fraction of sp³-hybridized carbons (Fsp3) is 0. The maximum absolute atomic E-state index is 5.28. The van der Waals surface area contributed by atoms with E-state index in [1.54, 1.807) is 11.3 Å². The van der Waals surface area contributed by atoms with Crippen molar-refractivity contribution in [2.24, 2.45) is 0 Å². The van der Waals surface area contributed by atoms with Crippen molar-refractivity contribution in [1.82, 2.24) is 15.0 Å². The Bertz CT molecular complexity index is 2930. The number of hydrogen-bond donors (Lipinski definition) is 0. The Kier molecular flexibility index (Phi) is 7.00. The molecule has 0 N–H and O–H groups in total. The molecule has 0 amide bonds. The summed E-state index contributed by atoms with van der Waals surface area (Å²) in [4.78, 5) is 15.7. The predicted octanol–water partition coefficient (Wildman–Crippen LogP) is 12.9. The second-order valence-corrected chi connectivity index (χ2v) is 13.9. The van der Waals surface area contributed by atoms with Gasteiger partial charge in [-0.05, 0) is 74.1 Å². The van der Waals surface area contributed by atoms with E-state index in [9.17, 15) is 0 Å². The molecular weight excluding hydrogens is 639 g/mol. The van der Waals surface area contributed by atoms with E-state index in [1.165, 1.54) is 36.5 Å². The largest absolute Gasteiger partial charge is 0.208 e. The highest BCUT2D eigenvalue weighted by atomic mass is 32.1. The second-order valence-electron chi connectivity index (χ2n) is 12.8. The molecule has 2 heterocycles. The van der Waals surface area contributed by atoms with Gasteiger partial charge in [-0.1, -0.05) is 146 Å². The Labute approximate surface area is 299 Å². The van der Waals surface area contributed by atoms with Gasteiger partial charge in [0.15, 0.2) is 17.5 Å². The van der Waals surface area contributed by atoms with Gasteiger partial charge >= 0.3 is 0 Å². The van der Waals surface area contributed by atoms with Crippen LogP contribution < -0.4 is 0 Å². The highest BCUT2D eigenvalue weighted by molar-refractivity contribution is 7.26. The average molecular weight is 668 g/mol. The number of nitrogens with zero attached hydrogens (tertiary/aromatic N) is 3. The third-order valence-electron chi connectivity index (χ3n) is 9.71. The molecule has 0 aliphatic heterocycles. The van der Waals surface area contributed by atoms with Crippen LogP contribution in [0.2, 0.25) is 0 Å². The molecule has 0 bridgehead atoms. The number of hydrogen-bond acceptors (Lipinski definition) is 4. The Hall–Kier alpha value is -6.49. The van der Waals surface area contributed by atoms with Crippen LogP contribution in [0.4, 0.5) is 0 Å². The van der Waals surface area contributed by atoms with E-state index in [1.807, 2.05) is 6.07 Å². The van der Waals surface area contributed by atoms with Crippen LogP contribution in [-0.4, -0.2) is 15.0 Å². The molecule has 0 spiro atoms. The van der Waals surface area contributed by atoms with E-state index >= 15 is 0 Å². The molecule has 2 aromatic heterocycles. The predicted molar refractivity (Wildman–Crippen MR) is 215 cm³/mol. The van der Waals surface area contributed by atoms with Gasteiger partial charge in [0.1, 0.15) is 0 Å². The number of thiophene rings is 1. The van der Waals surface area contributed by atoms with E-state index in [0.29, 0.717) is 17.5 Å². The summed E-state index contributed by atoms with van der Waals surface area (Å²) in [5.74, 6) is 1.97. The molecule has 10 rings (SSSR count). The molecule has 0 aliphatic rings. The maximum Gasteiger partial charge on any atom is 0.165 e. The summed E-state index contributed by atoms with van der Waals surface area (Å²) in [6.07, 6.45) is 0. The molecule has 3 nitrogen and oxygen atoms in total. The second kappa shape index (κ2) is 12.1. The van der Waals surface area contributed by atoms with E-state index in [2.05, 4.69) is 170 Å². The van der Waals surface area contributed by atoms with Crippen LogP contribution in [0.25, 0.3) is 98.1 Å². The molecule has 0 radical (unpaired) electrons. The molecule has 0 atom stereocenters. The third-order valence-corrected chi connectivity index (χ3v) is 10.9. The number of fused-ring (bicyclic) bond motifs is 5. The number of rotatable bonds is 5. The van der Waals surface area contributed by atoms with Crippen molar-refractivity contribution in [3.63, 3.8) is 0 Å². The van der Waals surface area contributed by atoms with Crippen LogP contribution >= 0.6 is 11.3 Å². The van der Waals surface area contributed by atoms with E-state index < -0.39 is 0 Å². The minimum Gasteiger partial charge on any atom is -0.208 e. The fourth-order valence-corrected chi connectivity index (χ4v) is 8.37. The van der Waals surface area contributed by atoms with Crippen molar-refractivity contribution in [2.75, 3.05) is 0 Å². The standard InChI is InChI=1S/C47H29N3S/c1-2-11-30(12-3-1)34-16-8-17-37(28-34)45-48-46(50-47(49-45)41-21-10-19-39-38-18-6-7-22-43(38)51-44(39)41)40-20-9-15-32-24-26-36(29-42(32)40)35-25-23-31-13-4-5-14-33(31)27-35/h1-29H. The van der Waals surface area contributed by atoms with Crippen LogP contribution in [-0.2, 0) is 0 Å². The van der Waals surface area contributed by atoms with Crippen molar-refractivity contribution in [3.8, 4) is 56.4 Å². The Balaban J connectivity index is 1.19. The molecule has 0 unspecified atom stereocenters. The molecule has 8 aromatic carbocycles.